The van der Waals surface area contributed by atoms with Gasteiger partial charge in [0.25, 0.3) is 11.8 Å². The number of piperidine rings is 2. The fourth-order valence-corrected chi connectivity index (χ4v) is 5.67. The van der Waals surface area contributed by atoms with Crippen LogP contribution in [0.5, 0.6) is 0 Å². The number of nitrogens with zero attached hydrogens (tertiary/aromatic N) is 4. The zero-order valence-corrected chi connectivity index (χ0v) is 20.7. The summed E-state index contributed by atoms with van der Waals surface area (Å²) in [6, 6.07) is 4.28. The molecule has 3 saturated heterocycles. The van der Waals surface area contributed by atoms with E-state index < -0.39 is 35.8 Å². The Labute approximate surface area is 214 Å². The van der Waals surface area contributed by atoms with Gasteiger partial charge in [0.1, 0.15) is 12.1 Å². The lowest BCUT2D eigenvalue weighted by atomic mass is 10.0. The highest BCUT2D eigenvalue weighted by Crippen LogP contribution is 2.34. The van der Waals surface area contributed by atoms with Crippen LogP contribution < -0.4 is 16.0 Å². The van der Waals surface area contributed by atoms with Gasteiger partial charge in [0.15, 0.2) is 0 Å². The largest absolute Gasteiger partial charge is 0.446 e. The Bertz CT molecular complexity index is 1110. The smallest absolute Gasteiger partial charge is 0.404 e. The number of fused-ring (bicyclic) bond motifs is 1. The van der Waals surface area contributed by atoms with Crippen LogP contribution in [0.25, 0.3) is 0 Å². The minimum atomic E-state index is -0.970. The summed E-state index contributed by atoms with van der Waals surface area (Å²) in [5.74, 6) is -1.96. The van der Waals surface area contributed by atoms with E-state index in [-0.39, 0.29) is 18.9 Å². The first-order valence-corrected chi connectivity index (χ1v) is 12.8. The van der Waals surface area contributed by atoms with Crippen molar-refractivity contribution in [2.45, 2.75) is 37.8 Å². The number of likely N-dealkylation sites (tertiary alicyclic amines) is 1. The number of anilines is 1. The number of piperazine rings is 1. The lowest BCUT2D eigenvalue weighted by Crippen LogP contribution is -2.54. The van der Waals surface area contributed by atoms with Gasteiger partial charge in [0.2, 0.25) is 11.8 Å². The predicted molar refractivity (Wildman–Crippen MR) is 132 cm³/mol. The van der Waals surface area contributed by atoms with Crippen molar-refractivity contribution in [1.29, 1.82) is 0 Å². The molecule has 1 atom stereocenters. The maximum Gasteiger partial charge on any atom is 0.404 e. The van der Waals surface area contributed by atoms with Crippen molar-refractivity contribution in [3.05, 3.63) is 29.3 Å². The molecule has 12 nitrogen and oxygen atoms in total. The van der Waals surface area contributed by atoms with E-state index in [4.69, 9.17) is 10.5 Å². The normalized spacial score (nSPS) is 23.8. The van der Waals surface area contributed by atoms with Crippen LogP contribution in [0.4, 0.5) is 10.5 Å². The second-order valence-electron chi connectivity index (χ2n) is 9.95. The summed E-state index contributed by atoms with van der Waals surface area (Å²) in [6.07, 6.45) is 1.01. The fraction of sp³-hybridized carbons (Fsp3) is 0.560. The number of ether oxygens (including phenoxy) is 1. The van der Waals surface area contributed by atoms with Crippen molar-refractivity contribution < 1.29 is 28.7 Å². The Hall–Kier alpha value is -3.51. The monoisotopic (exact) mass is 512 g/mol. The van der Waals surface area contributed by atoms with Crippen LogP contribution in [0.2, 0.25) is 0 Å². The van der Waals surface area contributed by atoms with Crippen LogP contribution >= 0.6 is 0 Å². The minimum Gasteiger partial charge on any atom is -0.446 e. The maximum absolute atomic E-state index is 13.4. The minimum absolute atomic E-state index is 0.0922. The molecule has 0 bridgehead atoms. The zero-order valence-electron chi connectivity index (χ0n) is 20.7. The average molecular weight is 513 g/mol. The molecule has 0 aliphatic carbocycles. The average Bonchev–Trinajstić information content (AvgIpc) is 3.14. The number of benzene rings is 1. The number of rotatable bonds is 6. The van der Waals surface area contributed by atoms with Gasteiger partial charge in [-0.3, -0.25) is 34.3 Å². The molecular weight excluding hydrogens is 480 g/mol. The van der Waals surface area contributed by atoms with Crippen molar-refractivity contribution >= 4 is 35.4 Å². The van der Waals surface area contributed by atoms with Crippen molar-refractivity contribution in [3.8, 4) is 0 Å². The van der Waals surface area contributed by atoms with Gasteiger partial charge >= 0.3 is 6.09 Å². The first kappa shape index (κ1) is 25.2. The van der Waals surface area contributed by atoms with E-state index in [1.54, 1.807) is 12.1 Å². The molecule has 37 heavy (non-hydrogen) atoms. The van der Waals surface area contributed by atoms with Crippen LogP contribution in [0.15, 0.2) is 18.2 Å². The Balaban J connectivity index is 1.17. The highest BCUT2D eigenvalue weighted by Gasteiger charge is 2.46. The van der Waals surface area contributed by atoms with Gasteiger partial charge in [-0.15, -0.1) is 0 Å². The summed E-state index contributed by atoms with van der Waals surface area (Å²) < 4.78 is 5.10. The van der Waals surface area contributed by atoms with E-state index >= 15 is 0 Å². The topological polar surface area (TPSA) is 146 Å². The molecule has 1 unspecified atom stereocenters. The number of nitrogens with one attached hydrogen (secondary N) is 1. The summed E-state index contributed by atoms with van der Waals surface area (Å²) in [5, 5.41) is 2.23. The molecule has 198 valence electrons. The molecule has 1 aromatic rings. The van der Waals surface area contributed by atoms with E-state index in [1.165, 1.54) is 0 Å². The molecule has 4 aliphatic rings. The van der Waals surface area contributed by atoms with Crippen LogP contribution in [0.3, 0.4) is 0 Å². The first-order valence-electron chi connectivity index (χ1n) is 12.8. The number of hydrogen-bond acceptors (Lipinski definition) is 9. The Morgan fingerprint density at radius 2 is 1.59 bits per heavy atom. The quantitative estimate of drug-likeness (QED) is 0.494. The fourth-order valence-electron chi connectivity index (χ4n) is 5.67. The third-order valence-corrected chi connectivity index (χ3v) is 7.71. The van der Waals surface area contributed by atoms with Crippen LogP contribution in [0.1, 0.15) is 46.4 Å². The van der Waals surface area contributed by atoms with Crippen LogP contribution in [-0.4, -0.2) is 109 Å². The molecule has 1 aromatic carbocycles. The molecule has 4 aliphatic heterocycles. The summed E-state index contributed by atoms with van der Waals surface area (Å²) >= 11 is 0. The molecule has 5 amide bonds. The van der Waals surface area contributed by atoms with Crippen LogP contribution in [0, 0.1) is 0 Å². The van der Waals surface area contributed by atoms with Crippen molar-refractivity contribution in [2.24, 2.45) is 5.73 Å². The van der Waals surface area contributed by atoms with Crippen molar-refractivity contribution in [3.63, 3.8) is 0 Å². The van der Waals surface area contributed by atoms with Gasteiger partial charge in [-0.25, -0.2) is 4.79 Å². The predicted octanol–water partition coefficient (Wildman–Crippen LogP) is -0.230. The third kappa shape index (κ3) is 5.16. The number of carbonyl (C=O) groups excluding carboxylic acids is 5. The van der Waals surface area contributed by atoms with Crippen molar-refractivity contribution in [2.75, 3.05) is 57.3 Å². The summed E-state index contributed by atoms with van der Waals surface area (Å²) in [6.45, 7) is 6.66. The second kappa shape index (κ2) is 10.5. The molecule has 12 heteroatoms. The number of hydrogen-bond donors (Lipinski definition) is 2. The van der Waals surface area contributed by atoms with E-state index in [0.29, 0.717) is 29.9 Å². The summed E-state index contributed by atoms with van der Waals surface area (Å²) in [4.78, 5) is 69.2. The Kier molecular flexibility index (Phi) is 7.11. The number of carbonyl (C=O) groups is 5. The maximum atomic E-state index is 13.4. The van der Waals surface area contributed by atoms with Gasteiger partial charge in [-0.2, -0.15) is 0 Å². The highest BCUT2D eigenvalue weighted by atomic mass is 16.6. The lowest BCUT2D eigenvalue weighted by Gasteiger charge is -2.38. The molecule has 4 heterocycles. The Morgan fingerprint density at radius 3 is 2.24 bits per heavy atom. The Morgan fingerprint density at radius 1 is 0.919 bits per heavy atom. The molecule has 0 saturated carbocycles. The summed E-state index contributed by atoms with van der Waals surface area (Å²) in [5.41, 5.74) is 6.47. The number of imide groups is 2. The molecular formula is C25H32N6O6. The van der Waals surface area contributed by atoms with E-state index in [2.05, 4.69) is 20.0 Å². The molecule has 0 spiro atoms. The SMILES string of the molecule is NC(=O)OC1CCN(CCN2CCN(c3cccc4c3C(=O)N(C3CCC(=O)NC3=O)C4=O)CC2)CC1. The number of amides is 5. The van der Waals surface area contributed by atoms with Crippen molar-refractivity contribution in [1.82, 2.24) is 20.0 Å². The standard InChI is InChI=1S/C25H32N6O6/c26-25(36)37-16-6-8-28(9-7-16)10-11-29-12-14-30(15-13-29)18-3-1-2-17-21(18)24(35)31(23(17)34)19-4-5-20(32)27-22(19)33/h1-3,16,19H,4-15H2,(H2,26,36)(H,27,32,33). The molecule has 3 fully saturated rings. The van der Waals surface area contributed by atoms with Gasteiger partial charge in [0.05, 0.1) is 16.8 Å². The second-order valence-corrected chi connectivity index (χ2v) is 9.95. The van der Waals surface area contributed by atoms with E-state index in [1.807, 2.05) is 6.07 Å². The van der Waals surface area contributed by atoms with Gasteiger partial charge in [-0.1, -0.05) is 6.07 Å². The van der Waals surface area contributed by atoms with Gasteiger partial charge in [0, 0.05) is 58.8 Å². The van der Waals surface area contributed by atoms with Crippen LogP contribution in [-0.2, 0) is 14.3 Å². The summed E-state index contributed by atoms with van der Waals surface area (Å²) in [7, 11) is 0. The first-order chi connectivity index (χ1) is 17.8. The van der Waals surface area contributed by atoms with E-state index in [9.17, 15) is 24.0 Å². The molecule has 3 N–H and O–H groups in total. The third-order valence-electron chi connectivity index (χ3n) is 7.71. The highest BCUT2D eigenvalue weighted by molar-refractivity contribution is 6.25. The van der Waals surface area contributed by atoms with Gasteiger partial charge < -0.3 is 20.3 Å². The zero-order chi connectivity index (χ0) is 26.1. The lowest BCUT2D eigenvalue weighted by molar-refractivity contribution is -0.136. The molecule has 5 rings (SSSR count). The molecule has 0 radical (unpaired) electrons. The number of primary amides is 1. The molecule has 0 aromatic heterocycles. The van der Waals surface area contributed by atoms with Gasteiger partial charge in [-0.05, 0) is 31.4 Å². The number of nitrogens with two attached hydrogens (primary N) is 1. The van der Waals surface area contributed by atoms with E-state index in [0.717, 1.165) is 57.0 Å².